The third-order valence-electron chi connectivity index (χ3n) is 3.57. The smallest absolute Gasteiger partial charge is 0.123 e. The normalized spacial score (nSPS) is 19.7. The van der Waals surface area contributed by atoms with Crippen LogP contribution in [-0.4, -0.2) is 18.7 Å². The Morgan fingerprint density at radius 1 is 1.28 bits per heavy atom. The zero-order chi connectivity index (χ0) is 13.0. The Balaban J connectivity index is 1.70. The fraction of sp³-hybridized carbons (Fsp3) is 0.625. The Morgan fingerprint density at radius 2 is 2.06 bits per heavy atom. The second kappa shape index (κ2) is 6.24. The monoisotopic (exact) mass is 247 g/mol. The third kappa shape index (κ3) is 3.74. The molecule has 1 N–H and O–H groups in total. The molecule has 2 atom stereocenters. The Hall–Kier alpha value is -1.02. The van der Waals surface area contributed by atoms with Crippen LogP contribution < -0.4 is 10.1 Å². The fourth-order valence-corrected chi connectivity index (χ4v) is 2.42. The van der Waals surface area contributed by atoms with Crippen molar-refractivity contribution >= 4 is 0 Å². The van der Waals surface area contributed by atoms with Gasteiger partial charge in [0.15, 0.2) is 0 Å². The number of hydrogen-bond donors (Lipinski definition) is 1. The van der Waals surface area contributed by atoms with Crippen LogP contribution in [-0.2, 0) is 6.42 Å². The van der Waals surface area contributed by atoms with Crippen molar-refractivity contribution in [2.75, 3.05) is 6.54 Å². The summed E-state index contributed by atoms with van der Waals surface area (Å²) in [5, 5.41) is 3.50. The van der Waals surface area contributed by atoms with E-state index in [0.717, 1.165) is 31.1 Å². The molecule has 0 fully saturated rings. The number of nitrogens with one attached hydrogen (secondary N) is 1. The lowest BCUT2D eigenvalue weighted by Gasteiger charge is -2.17. The largest absolute Gasteiger partial charge is 0.490 e. The lowest BCUT2D eigenvalue weighted by Crippen LogP contribution is -2.28. The predicted molar refractivity (Wildman–Crippen MR) is 76.1 cm³/mol. The molecule has 100 valence electrons. The molecule has 1 aliphatic heterocycles. The van der Waals surface area contributed by atoms with Crippen LogP contribution in [0.15, 0.2) is 24.3 Å². The number of hydrogen-bond acceptors (Lipinski definition) is 2. The van der Waals surface area contributed by atoms with Gasteiger partial charge in [-0.2, -0.15) is 0 Å². The summed E-state index contributed by atoms with van der Waals surface area (Å²) in [6.45, 7) is 7.82. The summed E-state index contributed by atoms with van der Waals surface area (Å²) in [6, 6.07) is 8.99. The van der Waals surface area contributed by atoms with E-state index in [1.165, 1.54) is 12.0 Å². The lowest BCUT2D eigenvalue weighted by atomic mass is 10.00. The Labute approximate surface area is 111 Å². The highest BCUT2D eigenvalue weighted by Crippen LogP contribution is 2.30. The van der Waals surface area contributed by atoms with Crippen molar-refractivity contribution in [3.05, 3.63) is 29.8 Å². The van der Waals surface area contributed by atoms with Gasteiger partial charge in [0.2, 0.25) is 0 Å². The molecule has 0 radical (unpaired) electrons. The molecule has 0 spiro atoms. The minimum atomic E-state index is 0.392. The number of benzene rings is 1. The first-order valence-electron chi connectivity index (χ1n) is 7.13. The Bertz CT molecular complexity index is 350. The van der Waals surface area contributed by atoms with Crippen molar-refractivity contribution in [1.29, 1.82) is 0 Å². The van der Waals surface area contributed by atoms with E-state index in [9.17, 15) is 0 Å². The molecular formula is C16H25NO. The van der Waals surface area contributed by atoms with Crippen molar-refractivity contribution in [3.8, 4) is 5.75 Å². The van der Waals surface area contributed by atoms with Gasteiger partial charge in [0, 0.05) is 12.5 Å². The zero-order valence-electron chi connectivity index (χ0n) is 11.8. The first kappa shape index (κ1) is 13.4. The topological polar surface area (TPSA) is 21.3 Å². The molecule has 0 saturated heterocycles. The van der Waals surface area contributed by atoms with E-state index < -0.39 is 0 Å². The molecule has 2 nitrogen and oxygen atoms in total. The lowest BCUT2D eigenvalue weighted by molar-refractivity contribution is 0.208. The average Bonchev–Trinajstić information content (AvgIpc) is 2.76. The highest BCUT2D eigenvalue weighted by atomic mass is 16.5. The second-order valence-electron chi connectivity index (χ2n) is 5.80. The molecule has 18 heavy (non-hydrogen) atoms. The molecule has 1 aromatic carbocycles. The van der Waals surface area contributed by atoms with Gasteiger partial charge in [-0.15, -0.1) is 0 Å². The van der Waals surface area contributed by atoms with E-state index in [4.69, 9.17) is 4.74 Å². The Morgan fingerprint density at radius 3 is 2.78 bits per heavy atom. The van der Waals surface area contributed by atoms with Crippen LogP contribution in [0.5, 0.6) is 5.75 Å². The molecule has 0 aromatic heterocycles. The van der Waals surface area contributed by atoms with Crippen LogP contribution in [0.1, 0.15) is 39.2 Å². The van der Waals surface area contributed by atoms with Crippen molar-refractivity contribution in [3.63, 3.8) is 0 Å². The van der Waals surface area contributed by atoms with Gasteiger partial charge in [0.1, 0.15) is 11.9 Å². The highest BCUT2D eigenvalue weighted by molar-refractivity contribution is 5.37. The first-order chi connectivity index (χ1) is 8.65. The number of ether oxygens (including phenoxy) is 1. The van der Waals surface area contributed by atoms with Gasteiger partial charge < -0.3 is 10.1 Å². The minimum absolute atomic E-state index is 0.392. The third-order valence-corrected chi connectivity index (χ3v) is 3.57. The Kier molecular flexibility index (Phi) is 4.65. The van der Waals surface area contributed by atoms with Crippen molar-refractivity contribution in [1.82, 2.24) is 5.32 Å². The highest BCUT2D eigenvalue weighted by Gasteiger charge is 2.22. The predicted octanol–water partition coefficient (Wildman–Crippen LogP) is 3.40. The van der Waals surface area contributed by atoms with E-state index in [2.05, 4.69) is 50.4 Å². The van der Waals surface area contributed by atoms with E-state index in [1.54, 1.807) is 0 Å². The van der Waals surface area contributed by atoms with Crippen LogP contribution in [0.4, 0.5) is 0 Å². The van der Waals surface area contributed by atoms with E-state index in [1.807, 2.05) is 0 Å². The SMILES string of the molecule is CC(CCC1Cc2ccccc2O1)CNC(C)C. The van der Waals surface area contributed by atoms with Crippen LogP contribution >= 0.6 is 0 Å². The van der Waals surface area contributed by atoms with Gasteiger partial charge in [0.25, 0.3) is 0 Å². The molecule has 1 heterocycles. The van der Waals surface area contributed by atoms with E-state index >= 15 is 0 Å². The van der Waals surface area contributed by atoms with Crippen LogP contribution in [0.25, 0.3) is 0 Å². The molecule has 2 unspecified atom stereocenters. The number of rotatable bonds is 6. The van der Waals surface area contributed by atoms with E-state index in [0.29, 0.717) is 12.1 Å². The molecule has 2 heteroatoms. The van der Waals surface area contributed by atoms with Gasteiger partial charge >= 0.3 is 0 Å². The quantitative estimate of drug-likeness (QED) is 0.832. The summed E-state index contributed by atoms with van der Waals surface area (Å²) in [5.41, 5.74) is 1.37. The van der Waals surface area contributed by atoms with Gasteiger partial charge in [-0.1, -0.05) is 39.0 Å². The van der Waals surface area contributed by atoms with Gasteiger partial charge in [0.05, 0.1) is 0 Å². The minimum Gasteiger partial charge on any atom is -0.490 e. The first-order valence-corrected chi connectivity index (χ1v) is 7.13. The van der Waals surface area contributed by atoms with E-state index in [-0.39, 0.29) is 0 Å². The summed E-state index contributed by atoms with van der Waals surface area (Å²) in [5.74, 6) is 1.81. The molecule has 0 aliphatic carbocycles. The zero-order valence-corrected chi connectivity index (χ0v) is 11.8. The molecule has 0 saturated carbocycles. The van der Waals surface area contributed by atoms with Crippen LogP contribution in [0, 0.1) is 5.92 Å². The van der Waals surface area contributed by atoms with Crippen molar-refractivity contribution < 1.29 is 4.74 Å². The standard InChI is InChI=1S/C16H25NO/c1-12(2)17-11-13(3)8-9-15-10-14-6-4-5-7-16(14)18-15/h4-7,12-13,15,17H,8-11H2,1-3H3. The molecule has 2 rings (SSSR count). The second-order valence-corrected chi connectivity index (χ2v) is 5.80. The summed E-state index contributed by atoms with van der Waals surface area (Å²) in [7, 11) is 0. The van der Waals surface area contributed by atoms with Gasteiger partial charge in [-0.25, -0.2) is 0 Å². The van der Waals surface area contributed by atoms with Crippen molar-refractivity contribution in [2.45, 2.75) is 52.2 Å². The maximum atomic E-state index is 5.96. The molecule has 1 aliphatic rings. The van der Waals surface area contributed by atoms with Gasteiger partial charge in [-0.3, -0.25) is 0 Å². The summed E-state index contributed by atoms with van der Waals surface area (Å²) >= 11 is 0. The average molecular weight is 247 g/mol. The summed E-state index contributed by atoms with van der Waals surface area (Å²) in [6.07, 6.45) is 3.87. The van der Waals surface area contributed by atoms with Crippen LogP contribution in [0.2, 0.25) is 0 Å². The fourth-order valence-electron chi connectivity index (χ4n) is 2.42. The molecule has 0 bridgehead atoms. The van der Waals surface area contributed by atoms with Crippen molar-refractivity contribution in [2.24, 2.45) is 5.92 Å². The molecule has 0 amide bonds. The molecule has 1 aromatic rings. The maximum absolute atomic E-state index is 5.96. The number of para-hydroxylation sites is 1. The summed E-state index contributed by atoms with van der Waals surface area (Å²) in [4.78, 5) is 0. The number of fused-ring (bicyclic) bond motifs is 1. The van der Waals surface area contributed by atoms with Crippen LogP contribution in [0.3, 0.4) is 0 Å². The molecular weight excluding hydrogens is 222 g/mol. The maximum Gasteiger partial charge on any atom is 0.123 e. The van der Waals surface area contributed by atoms with Gasteiger partial charge in [-0.05, 0) is 36.9 Å². The summed E-state index contributed by atoms with van der Waals surface area (Å²) < 4.78 is 5.96.